The SMILES string of the molecule is CCC(=O)Nc1ncc(C(C)C)s1. The molecule has 1 N–H and O–H groups in total. The minimum absolute atomic E-state index is 0.0182. The van der Waals surface area contributed by atoms with E-state index in [1.54, 1.807) is 11.3 Å². The van der Waals surface area contributed by atoms with Crippen molar-refractivity contribution in [1.29, 1.82) is 0 Å². The summed E-state index contributed by atoms with van der Waals surface area (Å²) in [5.74, 6) is 0.495. The van der Waals surface area contributed by atoms with Gasteiger partial charge in [0, 0.05) is 17.5 Å². The van der Waals surface area contributed by atoms with Gasteiger partial charge in [0.1, 0.15) is 0 Å². The van der Waals surface area contributed by atoms with Crippen LogP contribution in [0.15, 0.2) is 6.20 Å². The van der Waals surface area contributed by atoms with Crippen molar-refractivity contribution in [1.82, 2.24) is 4.98 Å². The van der Waals surface area contributed by atoms with Crippen LogP contribution in [-0.2, 0) is 4.79 Å². The van der Waals surface area contributed by atoms with Crippen molar-refractivity contribution in [3.05, 3.63) is 11.1 Å². The molecular weight excluding hydrogens is 184 g/mol. The smallest absolute Gasteiger partial charge is 0.225 e. The second kappa shape index (κ2) is 4.37. The number of anilines is 1. The lowest BCUT2D eigenvalue weighted by Crippen LogP contribution is -2.08. The summed E-state index contributed by atoms with van der Waals surface area (Å²) in [5, 5.41) is 3.44. The van der Waals surface area contributed by atoms with Crippen molar-refractivity contribution in [2.24, 2.45) is 0 Å². The summed E-state index contributed by atoms with van der Waals surface area (Å²) in [6.07, 6.45) is 2.32. The molecule has 0 fully saturated rings. The van der Waals surface area contributed by atoms with Crippen LogP contribution < -0.4 is 5.32 Å². The van der Waals surface area contributed by atoms with Gasteiger partial charge in [-0.05, 0) is 5.92 Å². The minimum Gasteiger partial charge on any atom is -0.302 e. The average molecular weight is 198 g/mol. The topological polar surface area (TPSA) is 42.0 Å². The second-order valence-electron chi connectivity index (χ2n) is 3.12. The van der Waals surface area contributed by atoms with Crippen LogP contribution in [0.4, 0.5) is 5.13 Å². The largest absolute Gasteiger partial charge is 0.302 e. The maximum atomic E-state index is 11.0. The van der Waals surface area contributed by atoms with E-state index in [2.05, 4.69) is 24.1 Å². The first kappa shape index (κ1) is 10.2. The van der Waals surface area contributed by atoms with E-state index in [1.807, 2.05) is 13.1 Å². The van der Waals surface area contributed by atoms with Gasteiger partial charge in [-0.2, -0.15) is 0 Å². The second-order valence-corrected chi connectivity index (χ2v) is 4.19. The highest BCUT2D eigenvalue weighted by Gasteiger charge is 2.06. The number of amides is 1. The van der Waals surface area contributed by atoms with Crippen molar-refractivity contribution in [2.75, 3.05) is 5.32 Å². The van der Waals surface area contributed by atoms with Crippen molar-refractivity contribution in [3.63, 3.8) is 0 Å². The van der Waals surface area contributed by atoms with E-state index in [4.69, 9.17) is 0 Å². The first-order chi connectivity index (χ1) is 6.13. The normalized spacial score (nSPS) is 10.5. The molecule has 1 aromatic heterocycles. The zero-order valence-corrected chi connectivity index (χ0v) is 8.94. The number of aromatic nitrogens is 1. The zero-order chi connectivity index (χ0) is 9.84. The van der Waals surface area contributed by atoms with Crippen LogP contribution in [-0.4, -0.2) is 10.9 Å². The molecule has 1 heterocycles. The van der Waals surface area contributed by atoms with E-state index < -0.39 is 0 Å². The van der Waals surface area contributed by atoms with Gasteiger partial charge in [-0.25, -0.2) is 4.98 Å². The molecule has 13 heavy (non-hydrogen) atoms. The Labute approximate surface area is 82.2 Å². The van der Waals surface area contributed by atoms with Gasteiger partial charge >= 0.3 is 0 Å². The maximum absolute atomic E-state index is 11.0. The lowest BCUT2D eigenvalue weighted by Gasteiger charge is -1.97. The van der Waals surface area contributed by atoms with Gasteiger partial charge in [-0.3, -0.25) is 4.79 Å². The third kappa shape index (κ3) is 2.81. The number of nitrogens with one attached hydrogen (secondary N) is 1. The molecular formula is C9H14N2OS. The molecule has 0 aliphatic rings. The summed E-state index contributed by atoms with van der Waals surface area (Å²) < 4.78 is 0. The Morgan fingerprint density at radius 3 is 2.85 bits per heavy atom. The fraction of sp³-hybridized carbons (Fsp3) is 0.556. The summed E-state index contributed by atoms with van der Waals surface area (Å²) in [5.41, 5.74) is 0. The van der Waals surface area contributed by atoms with E-state index in [0.717, 1.165) is 0 Å². The van der Waals surface area contributed by atoms with Gasteiger partial charge in [0.25, 0.3) is 0 Å². The molecule has 0 saturated heterocycles. The molecule has 0 aliphatic heterocycles. The van der Waals surface area contributed by atoms with Crippen molar-refractivity contribution in [2.45, 2.75) is 33.1 Å². The molecule has 0 aliphatic carbocycles. The summed E-state index contributed by atoms with van der Waals surface area (Å²) in [4.78, 5) is 16.3. The minimum atomic E-state index is 0.0182. The Morgan fingerprint density at radius 1 is 1.69 bits per heavy atom. The predicted molar refractivity (Wildman–Crippen MR) is 55.1 cm³/mol. The molecule has 1 aromatic rings. The van der Waals surface area contributed by atoms with Crippen LogP contribution in [0.25, 0.3) is 0 Å². The summed E-state index contributed by atoms with van der Waals surface area (Å²) in [6, 6.07) is 0. The molecule has 1 rings (SSSR count). The first-order valence-corrected chi connectivity index (χ1v) is 5.20. The van der Waals surface area contributed by atoms with E-state index in [0.29, 0.717) is 17.5 Å². The molecule has 0 radical (unpaired) electrons. The van der Waals surface area contributed by atoms with Gasteiger partial charge in [-0.1, -0.05) is 20.8 Å². The molecule has 0 spiro atoms. The molecule has 0 atom stereocenters. The van der Waals surface area contributed by atoms with Crippen molar-refractivity contribution >= 4 is 22.4 Å². The highest BCUT2D eigenvalue weighted by Crippen LogP contribution is 2.24. The lowest BCUT2D eigenvalue weighted by atomic mass is 10.2. The Kier molecular flexibility index (Phi) is 3.42. The van der Waals surface area contributed by atoms with Crippen molar-refractivity contribution < 1.29 is 4.79 Å². The Balaban J connectivity index is 2.64. The van der Waals surface area contributed by atoms with E-state index in [9.17, 15) is 4.79 Å². The first-order valence-electron chi connectivity index (χ1n) is 4.39. The lowest BCUT2D eigenvalue weighted by molar-refractivity contribution is -0.115. The van der Waals surface area contributed by atoms with E-state index >= 15 is 0 Å². The molecule has 0 bridgehead atoms. The fourth-order valence-electron chi connectivity index (χ4n) is 0.819. The monoisotopic (exact) mass is 198 g/mol. The summed E-state index contributed by atoms with van der Waals surface area (Å²) in [7, 11) is 0. The van der Waals surface area contributed by atoms with Gasteiger partial charge < -0.3 is 5.32 Å². The molecule has 3 nitrogen and oxygen atoms in total. The van der Waals surface area contributed by atoms with Crippen LogP contribution in [0.2, 0.25) is 0 Å². The third-order valence-electron chi connectivity index (χ3n) is 1.66. The highest BCUT2D eigenvalue weighted by atomic mass is 32.1. The number of hydrogen-bond acceptors (Lipinski definition) is 3. The van der Waals surface area contributed by atoms with Crippen LogP contribution in [0.5, 0.6) is 0 Å². The van der Waals surface area contributed by atoms with Gasteiger partial charge in [0.15, 0.2) is 5.13 Å². The van der Waals surface area contributed by atoms with E-state index in [-0.39, 0.29) is 5.91 Å². The molecule has 0 saturated carbocycles. The van der Waals surface area contributed by atoms with Crippen LogP contribution in [0.3, 0.4) is 0 Å². The zero-order valence-electron chi connectivity index (χ0n) is 8.13. The van der Waals surface area contributed by atoms with Crippen molar-refractivity contribution in [3.8, 4) is 0 Å². The van der Waals surface area contributed by atoms with Gasteiger partial charge in [-0.15, -0.1) is 11.3 Å². The number of hydrogen-bond donors (Lipinski definition) is 1. The quantitative estimate of drug-likeness (QED) is 0.811. The van der Waals surface area contributed by atoms with Crippen LogP contribution in [0, 0.1) is 0 Å². The predicted octanol–water partition coefficient (Wildman–Crippen LogP) is 2.62. The van der Waals surface area contributed by atoms with Gasteiger partial charge in [0.2, 0.25) is 5.91 Å². The summed E-state index contributed by atoms with van der Waals surface area (Å²) in [6.45, 7) is 6.05. The molecule has 0 unspecified atom stereocenters. The van der Waals surface area contributed by atoms with Gasteiger partial charge in [0.05, 0.1) is 0 Å². The number of carbonyl (C=O) groups is 1. The highest BCUT2D eigenvalue weighted by molar-refractivity contribution is 7.15. The standard InChI is InChI=1S/C9H14N2OS/c1-4-8(12)11-9-10-5-7(13-9)6(2)3/h5-6H,4H2,1-3H3,(H,10,11,12). The molecule has 0 aromatic carbocycles. The number of nitrogens with zero attached hydrogens (tertiary/aromatic N) is 1. The molecule has 1 amide bonds. The Hall–Kier alpha value is -0.900. The Morgan fingerprint density at radius 2 is 2.38 bits per heavy atom. The number of rotatable bonds is 3. The van der Waals surface area contributed by atoms with E-state index in [1.165, 1.54) is 4.88 Å². The average Bonchev–Trinajstić information content (AvgIpc) is 2.52. The maximum Gasteiger partial charge on any atom is 0.225 e. The number of carbonyl (C=O) groups excluding carboxylic acids is 1. The number of thiazole rings is 1. The van der Waals surface area contributed by atoms with Crippen LogP contribution in [0.1, 0.15) is 38.0 Å². The fourth-order valence-corrected chi connectivity index (χ4v) is 1.65. The summed E-state index contributed by atoms with van der Waals surface area (Å²) >= 11 is 1.54. The molecule has 4 heteroatoms. The molecule has 72 valence electrons. The van der Waals surface area contributed by atoms with Crippen LogP contribution >= 0.6 is 11.3 Å². The Bertz CT molecular complexity index is 294. The third-order valence-corrected chi connectivity index (χ3v) is 2.87.